The van der Waals surface area contributed by atoms with E-state index in [0.29, 0.717) is 0 Å². The van der Waals surface area contributed by atoms with Crippen molar-refractivity contribution >= 4 is 12.4 Å². The zero-order valence-electron chi connectivity index (χ0n) is 14.9. The third-order valence-electron chi connectivity index (χ3n) is 6.34. The third kappa shape index (κ3) is 2.22. The van der Waals surface area contributed by atoms with Crippen LogP contribution in [-0.2, 0) is 12.0 Å². The van der Waals surface area contributed by atoms with Crippen LogP contribution in [0.1, 0.15) is 43.2 Å². The summed E-state index contributed by atoms with van der Waals surface area (Å²) < 4.78 is 17.1. The minimum Gasteiger partial charge on any atom is -0.493 e. The molecule has 0 amide bonds. The molecule has 2 aliphatic heterocycles. The highest BCUT2D eigenvalue weighted by Crippen LogP contribution is 2.59. The smallest absolute Gasteiger partial charge is 0.203 e. The Morgan fingerprint density at radius 2 is 1.79 bits per heavy atom. The van der Waals surface area contributed by atoms with Gasteiger partial charge >= 0.3 is 0 Å². The van der Waals surface area contributed by atoms with Crippen molar-refractivity contribution in [1.29, 1.82) is 0 Å². The SMILES string of the molecule is COc1cc2c(c(OC)c1OC)C13CCCCC1CCN3CC2.Cl. The van der Waals surface area contributed by atoms with E-state index >= 15 is 0 Å². The van der Waals surface area contributed by atoms with E-state index in [1.165, 1.54) is 49.8 Å². The van der Waals surface area contributed by atoms with Gasteiger partial charge in [-0.05, 0) is 49.8 Å². The molecule has 2 unspecified atom stereocenters. The van der Waals surface area contributed by atoms with Crippen LogP contribution in [0.15, 0.2) is 6.07 Å². The van der Waals surface area contributed by atoms with Crippen LogP contribution in [0.3, 0.4) is 0 Å². The molecule has 5 heteroatoms. The quantitative estimate of drug-likeness (QED) is 0.827. The van der Waals surface area contributed by atoms with Gasteiger partial charge < -0.3 is 14.2 Å². The van der Waals surface area contributed by atoms with Gasteiger partial charge in [0.15, 0.2) is 11.5 Å². The molecule has 3 aliphatic rings. The van der Waals surface area contributed by atoms with Gasteiger partial charge in [0.1, 0.15) is 0 Å². The van der Waals surface area contributed by atoms with Gasteiger partial charge in [0.05, 0.1) is 26.9 Å². The molecule has 0 radical (unpaired) electrons. The third-order valence-corrected chi connectivity index (χ3v) is 6.34. The van der Waals surface area contributed by atoms with Gasteiger partial charge in [-0.2, -0.15) is 0 Å². The summed E-state index contributed by atoms with van der Waals surface area (Å²) in [5, 5.41) is 0. The molecule has 1 spiro atoms. The van der Waals surface area contributed by atoms with Crippen molar-refractivity contribution in [2.24, 2.45) is 5.92 Å². The fourth-order valence-corrected chi connectivity index (χ4v) is 5.47. The van der Waals surface area contributed by atoms with Gasteiger partial charge in [-0.15, -0.1) is 12.4 Å². The molecule has 1 aromatic carbocycles. The van der Waals surface area contributed by atoms with Crippen molar-refractivity contribution < 1.29 is 14.2 Å². The van der Waals surface area contributed by atoms with Crippen LogP contribution in [-0.4, -0.2) is 39.3 Å². The van der Waals surface area contributed by atoms with Crippen molar-refractivity contribution in [3.8, 4) is 17.2 Å². The predicted molar refractivity (Wildman–Crippen MR) is 96.9 cm³/mol. The first-order valence-corrected chi connectivity index (χ1v) is 8.83. The molecule has 2 fully saturated rings. The molecule has 0 N–H and O–H groups in total. The Bertz CT molecular complexity index is 621. The van der Waals surface area contributed by atoms with Crippen molar-refractivity contribution in [1.82, 2.24) is 4.90 Å². The Labute approximate surface area is 150 Å². The molecular formula is C19H28ClNO3. The second-order valence-electron chi connectivity index (χ2n) is 7.07. The summed E-state index contributed by atoms with van der Waals surface area (Å²) in [4.78, 5) is 2.73. The lowest BCUT2D eigenvalue weighted by atomic mass is 9.66. The minimum atomic E-state index is 0. The molecule has 134 valence electrons. The number of fused-ring (bicyclic) bond motifs is 1. The molecule has 0 bridgehead atoms. The van der Waals surface area contributed by atoms with E-state index in [2.05, 4.69) is 11.0 Å². The van der Waals surface area contributed by atoms with Gasteiger partial charge in [-0.25, -0.2) is 0 Å². The number of halogens is 1. The van der Waals surface area contributed by atoms with Crippen molar-refractivity contribution in [2.45, 2.75) is 44.1 Å². The summed E-state index contributed by atoms with van der Waals surface area (Å²) in [5.74, 6) is 3.20. The Hall–Kier alpha value is -1.13. The average Bonchev–Trinajstić information content (AvgIpc) is 2.99. The largest absolute Gasteiger partial charge is 0.493 e. The second kappa shape index (κ2) is 6.64. The summed E-state index contributed by atoms with van der Waals surface area (Å²) in [5.41, 5.74) is 2.95. The topological polar surface area (TPSA) is 30.9 Å². The monoisotopic (exact) mass is 353 g/mol. The summed E-state index contributed by atoms with van der Waals surface area (Å²) in [6.07, 6.45) is 7.65. The fourth-order valence-electron chi connectivity index (χ4n) is 5.47. The van der Waals surface area contributed by atoms with Crippen molar-refractivity contribution in [3.05, 3.63) is 17.2 Å². The van der Waals surface area contributed by atoms with E-state index in [-0.39, 0.29) is 17.9 Å². The molecule has 0 aromatic heterocycles. The van der Waals surface area contributed by atoms with E-state index < -0.39 is 0 Å². The van der Waals surface area contributed by atoms with Crippen LogP contribution in [0, 0.1) is 5.92 Å². The summed E-state index contributed by atoms with van der Waals surface area (Å²) in [6, 6.07) is 2.19. The predicted octanol–water partition coefficient (Wildman–Crippen LogP) is 3.78. The van der Waals surface area contributed by atoms with Gasteiger partial charge in [0.2, 0.25) is 5.75 Å². The summed E-state index contributed by atoms with van der Waals surface area (Å²) in [6.45, 7) is 2.38. The maximum atomic E-state index is 5.90. The molecule has 24 heavy (non-hydrogen) atoms. The molecule has 2 atom stereocenters. The minimum absolute atomic E-state index is 0. The number of hydrogen-bond acceptors (Lipinski definition) is 4. The highest BCUT2D eigenvalue weighted by molar-refractivity contribution is 5.85. The highest BCUT2D eigenvalue weighted by atomic mass is 35.5. The second-order valence-corrected chi connectivity index (χ2v) is 7.07. The Kier molecular flexibility index (Phi) is 4.89. The number of methoxy groups -OCH3 is 3. The van der Waals surface area contributed by atoms with Crippen LogP contribution in [0.2, 0.25) is 0 Å². The number of hydrogen-bond donors (Lipinski definition) is 0. The highest BCUT2D eigenvalue weighted by Gasteiger charge is 2.54. The molecular weight excluding hydrogens is 326 g/mol. The fraction of sp³-hybridized carbons (Fsp3) is 0.684. The summed E-state index contributed by atoms with van der Waals surface area (Å²) >= 11 is 0. The number of benzene rings is 1. The lowest BCUT2D eigenvalue weighted by Crippen LogP contribution is -2.51. The zero-order chi connectivity index (χ0) is 16.0. The van der Waals surface area contributed by atoms with Crippen LogP contribution in [0.5, 0.6) is 17.2 Å². The molecule has 1 saturated heterocycles. The molecule has 4 rings (SSSR count). The van der Waals surface area contributed by atoms with E-state index in [4.69, 9.17) is 14.2 Å². The first-order chi connectivity index (χ1) is 11.3. The van der Waals surface area contributed by atoms with E-state index in [0.717, 1.165) is 36.1 Å². The molecule has 1 saturated carbocycles. The maximum absolute atomic E-state index is 5.90. The number of nitrogens with zero attached hydrogens (tertiary/aromatic N) is 1. The average molecular weight is 354 g/mol. The van der Waals surface area contributed by atoms with Gasteiger partial charge in [-0.3, -0.25) is 4.90 Å². The van der Waals surface area contributed by atoms with Gasteiger partial charge in [0, 0.05) is 12.1 Å². The zero-order valence-corrected chi connectivity index (χ0v) is 15.7. The number of rotatable bonds is 3. The van der Waals surface area contributed by atoms with Crippen molar-refractivity contribution in [2.75, 3.05) is 34.4 Å². The molecule has 1 aliphatic carbocycles. The van der Waals surface area contributed by atoms with Crippen LogP contribution >= 0.6 is 12.4 Å². The molecule has 2 heterocycles. The van der Waals surface area contributed by atoms with Crippen LogP contribution in [0.25, 0.3) is 0 Å². The Morgan fingerprint density at radius 3 is 2.50 bits per heavy atom. The maximum Gasteiger partial charge on any atom is 0.203 e. The van der Waals surface area contributed by atoms with E-state index in [1.54, 1.807) is 21.3 Å². The summed E-state index contributed by atoms with van der Waals surface area (Å²) in [7, 11) is 5.17. The van der Waals surface area contributed by atoms with Gasteiger partial charge in [-0.1, -0.05) is 12.8 Å². The molecule has 4 nitrogen and oxygen atoms in total. The lowest BCUT2D eigenvalue weighted by Gasteiger charge is -2.50. The van der Waals surface area contributed by atoms with Gasteiger partial charge in [0.25, 0.3) is 0 Å². The van der Waals surface area contributed by atoms with Crippen molar-refractivity contribution in [3.63, 3.8) is 0 Å². The standard InChI is InChI=1S/C19H27NO3.ClH/c1-21-15-12-13-7-10-20-11-8-14-6-4-5-9-19(14,20)16(13)18(23-3)17(15)22-2;/h12,14H,4-11H2,1-3H3;1H. The Balaban J connectivity index is 0.00000169. The number of ether oxygens (including phenoxy) is 3. The Morgan fingerprint density at radius 1 is 1.00 bits per heavy atom. The van der Waals surface area contributed by atoms with E-state index in [9.17, 15) is 0 Å². The normalized spacial score (nSPS) is 28.2. The lowest BCUT2D eigenvalue weighted by molar-refractivity contribution is 0.0471. The van der Waals surface area contributed by atoms with Crippen LogP contribution in [0.4, 0.5) is 0 Å². The first-order valence-electron chi connectivity index (χ1n) is 8.83. The molecule has 1 aromatic rings. The first kappa shape index (κ1) is 17.7. The van der Waals surface area contributed by atoms with Crippen LogP contribution < -0.4 is 14.2 Å². The van der Waals surface area contributed by atoms with E-state index in [1.807, 2.05) is 0 Å².